The van der Waals surface area contributed by atoms with Gasteiger partial charge in [0.2, 0.25) is 5.91 Å². The molecule has 22 heavy (non-hydrogen) atoms. The normalized spacial score (nSPS) is 28.9. The van der Waals surface area contributed by atoms with E-state index in [-0.39, 0.29) is 18.0 Å². The first-order valence-electron chi connectivity index (χ1n) is 8.70. The number of likely N-dealkylation sites (tertiary alicyclic amines) is 1. The third-order valence-electron chi connectivity index (χ3n) is 5.61. The van der Waals surface area contributed by atoms with E-state index >= 15 is 0 Å². The lowest BCUT2D eigenvalue weighted by atomic mass is 9.85. The predicted octanol–water partition coefficient (Wildman–Crippen LogP) is 3.48. The van der Waals surface area contributed by atoms with Crippen molar-refractivity contribution >= 4 is 5.91 Å². The molecule has 1 heterocycles. The van der Waals surface area contributed by atoms with E-state index in [1.54, 1.807) is 0 Å². The molecule has 3 nitrogen and oxygen atoms in total. The van der Waals surface area contributed by atoms with Crippen LogP contribution in [0.1, 0.15) is 61.3 Å². The summed E-state index contributed by atoms with van der Waals surface area (Å²) >= 11 is 0. The van der Waals surface area contributed by atoms with Gasteiger partial charge >= 0.3 is 0 Å². The second-order valence-electron chi connectivity index (χ2n) is 7.10. The van der Waals surface area contributed by atoms with Crippen LogP contribution in [0.5, 0.6) is 0 Å². The van der Waals surface area contributed by atoms with Crippen molar-refractivity contribution in [1.29, 1.82) is 0 Å². The molecule has 1 aromatic carbocycles. The molecule has 0 aromatic heterocycles. The van der Waals surface area contributed by atoms with Crippen molar-refractivity contribution in [2.75, 3.05) is 6.54 Å². The zero-order valence-electron chi connectivity index (χ0n) is 13.8. The largest absolute Gasteiger partial charge is 0.335 e. The molecule has 2 N–H and O–H groups in total. The molecule has 1 aromatic rings. The highest BCUT2D eigenvalue weighted by molar-refractivity contribution is 5.80. The zero-order chi connectivity index (χ0) is 15.7. The molecular formula is C19H28N2O. The minimum atomic E-state index is 0.148. The Morgan fingerprint density at radius 2 is 2.00 bits per heavy atom. The summed E-state index contributed by atoms with van der Waals surface area (Å²) in [5, 5.41) is 0. The molecule has 1 aliphatic heterocycles. The van der Waals surface area contributed by atoms with E-state index in [1.165, 1.54) is 16.7 Å². The number of hydrogen-bond donors (Lipinski definition) is 1. The first-order chi connectivity index (χ1) is 10.6. The zero-order valence-corrected chi connectivity index (χ0v) is 13.8. The highest BCUT2D eigenvalue weighted by atomic mass is 16.2. The van der Waals surface area contributed by atoms with Crippen LogP contribution in [-0.4, -0.2) is 23.4 Å². The number of carbonyl (C=O) groups is 1. The van der Waals surface area contributed by atoms with Crippen LogP contribution in [0.3, 0.4) is 0 Å². The Morgan fingerprint density at radius 3 is 2.77 bits per heavy atom. The third kappa shape index (κ3) is 2.91. The number of nitrogens with two attached hydrogens (primary N) is 1. The molecule has 120 valence electrons. The molecule has 0 unspecified atom stereocenters. The van der Waals surface area contributed by atoms with Gasteiger partial charge in [-0.2, -0.15) is 0 Å². The Labute approximate surface area is 133 Å². The number of amides is 1. The fourth-order valence-electron chi connectivity index (χ4n) is 4.18. The topological polar surface area (TPSA) is 46.3 Å². The molecule has 0 radical (unpaired) electrons. The number of carbonyl (C=O) groups excluding carboxylic acids is 1. The van der Waals surface area contributed by atoms with Crippen molar-refractivity contribution in [2.24, 2.45) is 11.7 Å². The number of benzene rings is 1. The molecule has 1 saturated carbocycles. The van der Waals surface area contributed by atoms with Gasteiger partial charge in [-0.3, -0.25) is 4.79 Å². The van der Waals surface area contributed by atoms with Gasteiger partial charge in [0.1, 0.15) is 0 Å². The molecule has 1 amide bonds. The average molecular weight is 300 g/mol. The highest BCUT2D eigenvalue weighted by Crippen LogP contribution is 2.37. The van der Waals surface area contributed by atoms with Crippen LogP contribution < -0.4 is 5.73 Å². The first-order valence-corrected chi connectivity index (χ1v) is 8.70. The number of aryl methyl sites for hydroxylation is 1. The quantitative estimate of drug-likeness (QED) is 0.909. The maximum Gasteiger partial charge on any atom is 0.226 e. The average Bonchev–Trinajstić information content (AvgIpc) is 2.98. The molecule has 3 rings (SSSR count). The molecule has 2 fully saturated rings. The van der Waals surface area contributed by atoms with E-state index in [0.717, 1.165) is 45.1 Å². The summed E-state index contributed by atoms with van der Waals surface area (Å²) < 4.78 is 0. The predicted molar refractivity (Wildman–Crippen MR) is 89.5 cm³/mol. The molecule has 1 saturated heterocycles. The van der Waals surface area contributed by atoms with Gasteiger partial charge in [0.15, 0.2) is 0 Å². The van der Waals surface area contributed by atoms with Crippen molar-refractivity contribution in [3.8, 4) is 0 Å². The minimum absolute atomic E-state index is 0.148. The second-order valence-corrected chi connectivity index (χ2v) is 7.10. The lowest BCUT2D eigenvalue weighted by molar-refractivity contribution is -0.137. The molecular weight excluding hydrogens is 272 g/mol. The maximum atomic E-state index is 13.0. The summed E-state index contributed by atoms with van der Waals surface area (Å²) in [4.78, 5) is 15.1. The first kappa shape index (κ1) is 15.5. The molecule has 3 atom stereocenters. The van der Waals surface area contributed by atoms with Crippen LogP contribution in [0.15, 0.2) is 18.2 Å². The van der Waals surface area contributed by atoms with Crippen molar-refractivity contribution in [3.05, 3.63) is 34.9 Å². The Balaban J connectivity index is 1.81. The highest BCUT2D eigenvalue weighted by Gasteiger charge is 2.36. The summed E-state index contributed by atoms with van der Waals surface area (Å²) in [5.74, 6) is 0.494. The van der Waals surface area contributed by atoms with Crippen molar-refractivity contribution in [3.63, 3.8) is 0 Å². The van der Waals surface area contributed by atoms with Gasteiger partial charge in [-0.1, -0.05) is 24.6 Å². The van der Waals surface area contributed by atoms with Gasteiger partial charge < -0.3 is 10.6 Å². The lowest BCUT2D eigenvalue weighted by Crippen LogP contribution is -2.40. The summed E-state index contributed by atoms with van der Waals surface area (Å²) in [6.45, 7) is 5.24. The summed E-state index contributed by atoms with van der Waals surface area (Å²) in [7, 11) is 0. The number of nitrogens with zero attached hydrogens (tertiary/aromatic N) is 1. The van der Waals surface area contributed by atoms with Crippen LogP contribution in [0.2, 0.25) is 0 Å². The number of rotatable bonds is 2. The second kappa shape index (κ2) is 6.41. The SMILES string of the molecule is Cc1cccc([C@@H]2CCCN2C(=O)[C@H]2CCC[C@H](N)C2)c1C. The van der Waals surface area contributed by atoms with Crippen LogP contribution in [0, 0.1) is 19.8 Å². The molecule has 1 aliphatic carbocycles. The Bertz CT molecular complexity index is 554. The minimum Gasteiger partial charge on any atom is -0.335 e. The van der Waals surface area contributed by atoms with E-state index in [9.17, 15) is 4.79 Å². The van der Waals surface area contributed by atoms with Crippen molar-refractivity contribution in [2.45, 2.75) is 64.5 Å². The molecule has 3 heteroatoms. The molecule has 2 aliphatic rings. The van der Waals surface area contributed by atoms with Crippen LogP contribution >= 0.6 is 0 Å². The standard InChI is InChI=1S/C19H28N2O/c1-13-6-3-9-17(14(13)2)18-10-5-11-21(18)19(22)15-7-4-8-16(20)12-15/h3,6,9,15-16,18H,4-5,7-8,10-12,20H2,1-2H3/t15-,16-,18-/m0/s1. The maximum absolute atomic E-state index is 13.0. The van der Waals surface area contributed by atoms with Gasteiger partial charge in [0.25, 0.3) is 0 Å². The van der Waals surface area contributed by atoms with Crippen molar-refractivity contribution < 1.29 is 4.79 Å². The smallest absolute Gasteiger partial charge is 0.226 e. The third-order valence-corrected chi connectivity index (χ3v) is 5.61. The Hall–Kier alpha value is -1.35. The van der Waals surface area contributed by atoms with Gasteiger partial charge in [-0.15, -0.1) is 0 Å². The Kier molecular flexibility index (Phi) is 4.53. The molecule has 0 spiro atoms. The van der Waals surface area contributed by atoms with E-state index in [4.69, 9.17) is 5.73 Å². The van der Waals surface area contributed by atoms with Crippen LogP contribution in [0.4, 0.5) is 0 Å². The monoisotopic (exact) mass is 300 g/mol. The molecule has 0 bridgehead atoms. The summed E-state index contributed by atoms with van der Waals surface area (Å²) in [6.07, 6.45) is 6.26. The van der Waals surface area contributed by atoms with Gasteiger partial charge in [-0.05, 0) is 62.6 Å². The van der Waals surface area contributed by atoms with Gasteiger partial charge in [-0.25, -0.2) is 0 Å². The Morgan fingerprint density at radius 1 is 1.18 bits per heavy atom. The lowest BCUT2D eigenvalue weighted by Gasteiger charge is -2.33. The summed E-state index contributed by atoms with van der Waals surface area (Å²) in [5.41, 5.74) is 10.1. The van der Waals surface area contributed by atoms with Crippen molar-refractivity contribution in [1.82, 2.24) is 4.90 Å². The number of hydrogen-bond acceptors (Lipinski definition) is 2. The summed E-state index contributed by atoms with van der Waals surface area (Å²) in [6, 6.07) is 6.95. The van der Waals surface area contributed by atoms with Crippen LogP contribution in [0.25, 0.3) is 0 Å². The van der Waals surface area contributed by atoms with E-state index < -0.39 is 0 Å². The van der Waals surface area contributed by atoms with E-state index in [0.29, 0.717) is 5.91 Å². The fraction of sp³-hybridized carbons (Fsp3) is 0.632. The fourth-order valence-corrected chi connectivity index (χ4v) is 4.18. The van der Waals surface area contributed by atoms with E-state index in [1.807, 2.05) is 0 Å². The van der Waals surface area contributed by atoms with Gasteiger partial charge in [0, 0.05) is 18.5 Å². The van der Waals surface area contributed by atoms with E-state index in [2.05, 4.69) is 36.9 Å². The van der Waals surface area contributed by atoms with Crippen LogP contribution in [-0.2, 0) is 4.79 Å². The van der Waals surface area contributed by atoms with Gasteiger partial charge in [0.05, 0.1) is 6.04 Å².